The smallest absolute Gasteiger partial charge is 0.322 e. The third-order valence-corrected chi connectivity index (χ3v) is 5.48. The summed E-state index contributed by atoms with van der Waals surface area (Å²) in [7, 11) is 1.53. The monoisotopic (exact) mass is 296 g/mol. The summed E-state index contributed by atoms with van der Waals surface area (Å²) in [5.74, 6) is 1.28. The molecule has 20 heavy (non-hydrogen) atoms. The maximum absolute atomic E-state index is 5.92. The molecule has 2 bridgehead atoms. The Bertz CT molecular complexity index is 531. The molecular weight excluding hydrogens is 276 g/mol. The summed E-state index contributed by atoms with van der Waals surface area (Å²) >= 11 is 5.92. The predicted octanol–water partition coefficient (Wildman–Crippen LogP) is 3.16. The fourth-order valence-corrected chi connectivity index (χ4v) is 4.43. The summed E-state index contributed by atoms with van der Waals surface area (Å²) in [6.07, 6.45) is 3.85. The van der Waals surface area contributed by atoms with Crippen LogP contribution in [0.3, 0.4) is 0 Å². The molecule has 3 unspecified atom stereocenters. The largest absolute Gasteiger partial charge is 0.467 e. The van der Waals surface area contributed by atoms with Crippen LogP contribution in [0.2, 0.25) is 5.28 Å². The van der Waals surface area contributed by atoms with Gasteiger partial charge in [-0.15, -0.1) is 0 Å². The number of nitrogens with one attached hydrogen (secondary N) is 1. The number of rotatable bonds is 3. The first kappa shape index (κ1) is 13.9. The van der Waals surface area contributed by atoms with E-state index in [4.69, 9.17) is 16.3 Å². The minimum absolute atomic E-state index is 0.158. The summed E-state index contributed by atoms with van der Waals surface area (Å²) in [5.41, 5.74) is 0.542. The summed E-state index contributed by atoms with van der Waals surface area (Å²) in [6.45, 7) is 7.03. The number of methoxy groups -OCH3 is 1. The van der Waals surface area contributed by atoms with Crippen LogP contribution < -0.4 is 10.1 Å². The van der Waals surface area contributed by atoms with E-state index in [9.17, 15) is 0 Å². The number of anilines is 1. The lowest BCUT2D eigenvalue weighted by molar-refractivity contribution is 0.154. The Morgan fingerprint density at radius 1 is 1.25 bits per heavy atom. The summed E-state index contributed by atoms with van der Waals surface area (Å²) in [4.78, 5) is 12.3. The van der Waals surface area contributed by atoms with Gasteiger partial charge in [-0.2, -0.15) is 15.0 Å². The number of hydrogen-bond donors (Lipinski definition) is 1. The van der Waals surface area contributed by atoms with E-state index in [0.29, 0.717) is 17.4 Å². The maximum atomic E-state index is 5.92. The molecule has 1 heterocycles. The van der Waals surface area contributed by atoms with Crippen LogP contribution in [-0.4, -0.2) is 28.1 Å². The molecule has 0 saturated heterocycles. The lowest BCUT2D eigenvalue weighted by Crippen LogP contribution is -2.46. The van der Waals surface area contributed by atoms with Gasteiger partial charge < -0.3 is 10.1 Å². The second kappa shape index (κ2) is 4.45. The Labute approximate surface area is 124 Å². The number of nitrogens with zero attached hydrogens (tertiary/aromatic N) is 3. The van der Waals surface area contributed by atoms with Gasteiger partial charge in [-0.1, -0.05) is 20.8 Å². The molecule has 2 aliphatic carbocycles. The van der Waals surface area contributed by atoms with Gasteiger partial charge in [-0.05, 0) is 47.6 Å². The SMILES string of the molecule is COc1nc(Cl)nc(NC2C3(C)CCC(C3)C2(C)C)n1. The normalized spacial score (nSPS) is 34.2. The van der Waals surface area contributed by atoms with Crippen LogP contribution in [0.15, 0.2) is 0 Å². The second-order valence-corrected chi connectivity index (χ2v) is 7.25. The molecule has 2 fully saturated rings. The van der Waals surface area contributed by atoms with Crippen molar-refractivity contribution >= 4 is 17.5 Å². The Morgan fingerprint density at radius 2 is 2.00 bits per heavy atom. The molecule has 110 valence electrons. The van der Waals surface area contributed by atoms with Crippen LogP contribution >= 0.6 is 11.6 Å². The van der Waals surface area contributed by atoms with E-state index in [1.807, 2.05) is 0 Å². The van der Waals surface area contributed by atoms with E-state index < -0.39 is 0 Å². The van der Waals surface area contributed by atoms with E-state index in [1.54, 1.807) is 0 Å². The fourth-order valence-electron chi connectivity index (χ4n) is 4.28. The molecule has 0 radical (unpaired) electrons. The van der Waals surface area contributed by atoms with Gasteiger partial charge in [0.15, 0.2) is 0 Å². The van der Waals surface area contributed by atoms with Crippen molar-refractivity contribution in [2.24, 2.45) is 16.7 Å². The number of ether oxygens (including phenoxy) is 1. The Balaban J connectivity index is 1.89. The van der Waals surface area contributed by atoms with Crippen molar-refractivity contribution in [2.75, 3.05) is 12.4 Å². The molecule has 6 heteroatoms. The molecule has 3 atom stereocenters. The van der Waals surface area contributed by atoms with Crippen molar-refractivity contribution in [1.82, 2.24) is 15.0 Å². The zero-order chi connectivity index (χ0) is 14.5. The Morgan fingerprint density at radius 3 is 2.60 bits per heavy atom. The average molecular weight is 297 g/mol. The van der Waals surface area contributed by atoms with Crippen molar-refractivity contribution in [3.05, 3.63) is 5.28 Å². The molecule has 1 N–H and O–H groups in total. The first-order valence-electron chi connectivity index (χ1n) is 7.07. The van der Waals surface area contributed by atoms with Gasteiger partial charge in [-0.25, -0.2) is 0 Å². The molecule has 1 aromatic heterocycles. The highest BCUT2D eigenvalue weighted by Gasteiger charge is 2.59. The summed E-state index contributed by atoms with van der Waals surface area (Å²) in [6, 6.07) is 0.593. The number of aromatic nitrogens is 3. The molecule has 2 aliphatic rings. The van der Waals surface area contributed by atoms with Crippen molar-refractivity contribution < 1.29 is 4.74 Å². The van der Waals surface area contributed by atoms with E-state index in [1.165, 1.54) is 26.4 Å². The number of hydrogen-bond acceptors (Lipinski definition) is 5. The predicted molar refractivity (Wildman–Crippen MR) is 78.0 cm³/mol. The number of fused-ring (bicyclic) bond motifs is 2. The zero-order valence-electron chi connectivity index (χ0n) is 12.4. The Hall–Kier alpha value is -1.10. The van der Waals surface area contributed by atoms with Crippen molar-refractivity contribution in [3.8, 4) is 6.01 Å². The molecule has 0 amide bonds. The topological polar surface area (TPSA) is 59.9 Å². The lowest BCUT2D eigenvalue weighted by atomic mass is 9.68. The molecule has 0 aromatic carbocycles. The van der Waals surface area contributed by atoms with Gasteiger partial charge in [0.05, 0.1) is 7.11 Å². The van der Waals surface area contributed by atoms with E-state index in [0.717, 1.165) is 5.92 Å². The molecule has 1 aromatic rings. The third kappa shape index (κ3) is 2.03. The maximum Gasteiger partial charge on any atom is 0.322 e. The van der Waals surface area contributed by atoms with E-state index in [-0.39, 0.29) is 16.7 Å². The van der Waals surface area contributed by atoms with Gasteiger partial charge >= 0.3 is 6.01 Å². The average Bonchev–Trinajstić information content (AvgIpc) is 2.85. The van der Waals surface area contributed by atoms with Crippen LogP contribution in [-0.2, 0) is 0 Å². The molecule has 0 aliphatic heterocycles. The van der Waals surface area contributed by atoms with Crippen LogP contribution in [0, 0.1) is 16.7 Å². The third-order valence-electron chi connectivity index (χ3n) is 5.31. The fraction of sp³-hybridized carbons (Fsp3) is 0.786. The van der Waals surface area contributed by atoms with Gasteiger partial charge in [0.2, 0.25) is 11.2 Å². The highest BCUT2D eigenvalue weighted by atomic mass is 35.5. The van der Waals surface area contributed by atoms with Crippen LogP contribution in [0.25, 0.3) is 0 Å². The van der Waals surface area contributed by atoms with Crippen LogP contribution in [0.4, 0.5) is 5.95 Å². The van der Waals surface area contributed by atoms with Gasteiger partial charge in [-0.3, -0.25) is 0 Å². The molecule has 3 rings (SSSR count). The van der Waals surface area contributed by atoms with Crippen molar-refractivity contribution in [1.29, 1.82) is 0 Å². The Kier molecular flexibility index (Phi) is 3.08. The molecule has 5 nitrogen and oxygen atoms in total. The second-order valence-electron chi connectivity index (χ2n) is 6.91. The quantitative estimate of drug-likeness (QED) is 0.928. The first-order chi connectivity index (χ1) is 9.35. The summed E-state index contributed by atoms with van der Waals surface area (Å²) in [5, 5.41) is 3.65. The highest BCUT2D eigenvalue weighted by molar-refractivity contribution is 6.28. The first-order valence-corrected chi connectivity index (χ1v) is 7.45. The van der Waals surface area contributed by atoms with Crippen molar-refractivity contribution in [3.63, 3.8) is 0 Å². The van der Waals surface area contributed by atoms with E-state index >= 15 is 0 Å². The zero-order valence-corrected chi connectivity index (χ0v) is 13.2. The van der Waals surface area contributed by atoms with Crippen molar-refractivity contribution in [2.45, 2.75) is 46.1 Å². The number of halogens is 1. The lowest BCUT2D eigenvalue weighted by Gasteiger charge is -2.43. The standard InChI is InChI=1S/C14H21ClN4O/c1-13(2)8-5-6-14(3,7-8)9(13)16-11-17-10(15)18-12(19-11)20-4/h8-9H,5-7H2,1-4H3,(H,16,17,18,19). The van der Waals surface area contributed by atoms with E-state index in [2.05, 4.69) is 41.0 Å². The minimum atomic E-state index is 0.158. The van der Waals surface area contributed by atoms with Crippen LogP contribution in [0.5, 0.6) is 6.01 Å². The minimum Gasteiger partial charge on any atom is -0.467 e. The highest BCUT2D eigenvalue weighted by Crippen LogP contribution is 2.62. The molecule has 2 saturated carbocycles. The van der Waals surface area contributed by atoms with Crippen LogP contribution in [0.1, 0.15) is 40.0 Å². The van der Waals surface area contributed by atoms with Gasteiger partial charge in [0.1, 0.15) is 0 Å². The molecule has 0 spiro atoms. The molecular formula is C14H21ClN4O. The van der Waals surface area contributed by atoms with Gasteiger partial charge in [0, 0.05) is 6.04 Å². The summed E-state index contributed by atoms with van der Waals surface area (Å²) < 4.78 is 5.05. The van der Waals surface area contributed by atoms with Gasteiger partial charge in [0.25, 0.3) is 0 Å².